The normalized spacial score (nSPS) is 22.9. The molecule has 1 aliphatic rings. The molecule has 0 spiro atoms. The van der Waals surface area contributed by atoms with E-state index in [0.29, 0.717) is 5.69 Å². The van der Waals surface area contributed by atoms with Crippen LogP contribution in [-0.4, -0.2) is 32.8 Å². The number of anilines is 1. The number of amides is 1. The molecule has 0 bridgehead atoms. The lowest BCUT2D eigenvalue weighted by Gasteiger charge is -2.13. The summed E-state index contributed by atoms with van der Waals surface area (Å²) in [5.41, 5.74) is 6.35. The van der Waals surface area contributed by atoms with Crippen molar-refractivity contribution in [3.05, 3.63) is 12.4 Å². The molecule has 0 aromatic carbocycles. The molecular weight excluding hydrogens is 236 g/mol. The molecule has 4 N–H and O–H groups in total. The van der Waals surface area contributed by atoms with Gasteiger partial charge in [0.15, 0.2) is 0 Å². The lowest BCUT2D eigenvalue weighted by atomic mass is 10.0. The number of hydrogen-bond acceptors (Lipinski definition) is 4. The first-order valence-electron chi connectivity index (χ1n) is 5.87. The summed E-state index contributed by atoms with van der Waals surface area (Å²) in [7, 11) is 0. The molecule has 2 unspecified atom stereocenters. The number of rotatable bonds is 4. The van der Waals surface area contributed by atoms with Crippen LogP contribution in [0.5, 0.6) is 0 Å². The van der Waals surface area contributed by atoms with Crippen molar-refractivity contribution in [2.75, 3.05) is 5.32 Å². The van der Waals surface area contributed by atoms with Crippen LogP contribution < -0.4 is 11.1 Å². The first-order chi connectivity index (χ1) is 8.56. The topological polar surface area (TPSA) is 110 Å². The van der Waals surface area contributed by atoms with Crippen molar-refractivity contribution >= 4 is 17.6 Å². The van der Waals surface area contributed by atoms with Gasteiger partial charge in [-0.3, -0.25) is 14.3 Å². The SMILES string of the molecule is NC1CCCC1C(=O)Nc1cnn(CC(=O)O)c1. The molecule has 1 saturated carbocycles. The maximum absolute atomic E-state index is 11.9. The molecule has 98 valence electrons. The zero-order valence-corrected chi connectivity index (χ0v) is 9.87. The maximum atomic E-state index is 11.9. The van der Waals surface area contributed by atoms with Crippen molar-refractivity contribution in [3.63, 3.8) is 0 Å². The Kier molecular flexibility index (Phi) is 3.61. The summed E-state index contributed by atoms with van der Waals surface area (Å²) in [6.45, 7) is -0.223. The van der Waals surface area contributed by atoms with Gasteiger partial charge in [0.1, 0.15) is 6.54 Å². The third-order valence-electron chi connectivity index (χ3n) is 3.10. The Bertz CT molecular complexity index is 457. The van der Waals surface area contributed by atoms with Crippen LogP contribution in [0.1, 0.15) is 19.3 Å². The number of nitrogens with zero attached hydrogens (tertiary/aromatic N) is 2. The van der Waals surface area contributed by atoms with Crippen LogP contribution in [0.3, 0.4) is 0 Å². The summed E-state index contributed by atoms with van der Waals surface area (Å²) in [6.07, 6.45) is 5.57. The Morgan fingerprint density at radius 3 is 2.94 bits per heavy atom. The van der Waals surface area contributed by atoms with Gasteiger partial charge in [0.25, 0.3) is 0 Å². The van der Waals surface area contributed by atoms with Gasteiger partial charge < -0.3 is 16.2 Å². The molecule has 2 atom stereocenters. The van der Waals surface area contributed by atoms with Crippen molar-refractivity contribution < 1.29 is 14.7 Å². The van der Waals surface area contributed by atoms with Gasteiger partial charge in [0, 0.05) is 12.2 Å². The van der Waals surface area contributed by atoms with Crippen molar-refractivity contribution in [2.24, 2.45) is 11.7 Å². The van der Waals surface area contributed by atoms with E-state index in [-0.39, 0.29) is 24.4 Å². The summed E-state index contributed by atoms with van der Waals surface area (Å²) < 4.78 is 1.26. The number of aromatic nitrogens is 2. The zero-order chi connectivity index (χ0) is 13.1. The van der Waals surface area contributed by atoms with Crippen LogP contribution in [0, 0.1) is 5.92 Å². The monoisotopic (exact) mass is 252 g/mol. The molecule has 1 heterocycles. The predicted octanol–water partition coefficient (Wildman–Crippen LogP) is 0.0336. The Morgan fingerprint density at radius 2 is 2.33 bits per heavy atom. The second kappa shape index (κ2) is 5.18. The molecule has 0 radical (unpaired) electrons. The minimum Gasteiger partial charge on any atom is -0.480 e. The molecule has 2 rings (SSSR count). The molecule has 7 nitrogen and oxygen atoms in total. The summed E-state index contributed by atoms with van der Waals surface area (Å²) in [6, 6.07) is -0.0842. The van der Waals surface area contributed by atoms with Gasteiger partial charge in [-0.25, -0.2) is 0 Å². The fraction of sp³-hybridized carbons (Fsp3) is 0.545. The summed E-state index contributed by atoms with van der Waals surface area (Å²) in [5, 5.41) is 15.2. The minimum absolute atomic E-state index is 0.0842. The molecule has 0 aliphatic heterocycles. The first-order valence-corrected chi connectivity index (χ1v) is 5.87. The second-order valence-electron chi connectivity index (χ2n) is 4.51. The van der Waals surface area contributed by atoms with Gasteiger partial charge in [0.2, 0.25) is 5.91 Å². The Balaban J connectivity index is 1.94. The Labute approximate surface area is 104 Å². The Morgan fingerprint density at radius 1 is 1.56 bits per heavy atom. The van der Waals surface area contributed by atoms with E-state index in [1.165, 1.54) is 17.1 Å². The van der Waals surface area contributed by atoms with Crippen LogP contribution in [-0.2, 0) is 16.1 Å². The number of carboxylic acids is 1. The van der Waals surface area contributed by atoms with Gasteiger partial charge in [-0.2, -0.15) is 5.10 Å². The fourth-order valence-corrected chi connectivity index (χ4v) is 2.20. The average Bonchev–Trinajstić information content (AvgIpc) is 2.87. The van der Waals surface area contributed by atoms with Gasteiger partial charge in [-0.15, -0.1) is 0 Å². The third kappa shape index (κ3) is 2.86. The van der Waals surface area contributed by atoms with Crippen LogP contribution in [0.4, 0.5) is 5.69 Å². The van der Waals surface area contributed by atoms with Crippen LogP contribution in [0.25, 0.3) is 0 Å². The van der Waals surface area contributed by atoms with Gasteiger partial charge in [-0.05, 0) is 12.8 Å². The molecule has 1 amide bonds. The number of carbonyl (C=O) groups excluding carboxylic acids is 1. The zero-order valence-electron chi connectivity index (χ0n) is 9.87. The van der Waals surface area contributed by atoms with Crippen molar-refractivity contribution in [1.29, 1.82) is 0 Å². The van der Waals surface area contributed by atoms with Crippen LogP contribution >= 0.6 is 0 Å². The quantitative estimate of drug-likeness (QED) is 0.700. The highest BCUT2D eigenvalue weighted by molar-refractivity contribution is 5.93. The van der Waals surface area contributed by atoms with E-state index in [4.69, 9.17) is 10.8 Å². The minimum atomic E-state index is -0.978. The maximum Gasteiger partial charge on any atom is 0.325 e. The molecule has 7 heteroatoms. The summed E-state index contributed by atoms with van der Waals surface area (Å²) >= 11 is 0. The number of hydrogen-bond donors (Lipinski definition) is 3. The first kappa shape index (κ1) is 12.6. The summed E-state index contributed by atoms with van der Waals surface area (Å²) in [5.74, 6) is -1.25. The van der Waals surface area contributed by atoms with Crippen molar-refractivity contribution in [2.45, 2.75) is 31.8 Å². The van der Waals surface area contributed by atoms with Crippen LogP contribution in [0.2, 0.25) is 0 Å². The molecular formula is C11H16N4O3. The lowest BCUT2D eigenvalue weighted by molar-refractivity contribution is -0.137. The van der Waals surface area contributed by atoms with Gasteiger partial charge in [-0.1, -0.05) is 6.42 Å². The van der Waals surface area contributed by atoms with E-state index in [0.717, 1.165) is 19.3 Å². The third-order valence-corrected chi connectivity index (χ3v) is 3.10. The number of aliphatic carboxylic acids is 1. The molecule has 1 aromatic rings. The summed E-state index contributed by atoms with van der Waals surface area (Å²) in [4.78, 5) is 22.4. The van der Waals surface area contributed by atoms with Gasteiger partial charge in [0.05, 0.1) is 17.8 Å². The molecule has 1 aromatic heterocycles. The number of nitrogens with one attached hydrogen (secondary N) is 1. The molecule has 1 aliphatic carbocycles. The highest BCUT2D eigenvalue weighted by Gasteiger charge is 2.30. The van der Waals surface area contributed by atoms with E-state index >= 15 is 0 Å². The van der Waals surface area contributed by atoms with Crippen LogP contribution in [0.15, 0.2) is 12.4 Å². The number of carboxylic acid groups (broad SMARTS) is 1. The largest absolute Gasteiger partial charge is 0.480 e. The smallest absolute Gasteiger partial charge is 0.325 e. The van der Waals surface area contributed by atoms with Crippen molar-refractivity contribution in [3.8, 4) is 0 Å². The molecule has 18 heavy (non-hydrogen) atoms. The van der Waals surface area contributed by atoms with Crippen molar-refractivity contribution in [1.82, 2.24) is 9.78 Å². The van der Waals surface area contributed by atoms with E-state index in [1.54, 1.807) is 0 Å². The van der Waals surface area contributed by atoms with E-state index in [2.05, 4.69) is 10.4 Å². The second-order valence-corrected chi connectivity index (χ2v) is 4.51. The van der Waals surface area contributed by atoms with Gasteiger partial charge >= 0.3 is 5.97 Å². The van der Waals surface area contributed by atoms with E-state index in [1.807, 2.05) is 0 Å². The molecule has 0 saturated heterocycles. The number of nitrogens with two attached hydrogens (primary N) is 1. The lowest BCUT2D eigenvalue weighted by Crippen LogP contribution is -2.34. The predicted molar refractivity (Wildman–Crippen MR) is 63.8 cm³/mol. The fourth-order valence-electron chi connectivity index (χ4n) is 2.20. The molecule has 1 fully saturated rings. The average molecular weight is 252 g/mol. The Hall–Kier alpha value is -1.89. The highest BCUT2D eigenvalue weighted by Crippen LogP contribution is 2.25. The number of carbonyl (C=O) groups is 2. The highest BCUT2D eigenvalue weighted by atomic mass is 16.4. The van der Waals surface area contributed by atoms with E-state index in [9.17, 15) is 9.59 Å². The standard InChI is InChI=1S/C11H16N4O3/c12-9-3-1-2-8(9)11(18)14-7-4-13-15(5-7)6-10(16)17/h4-5,8-9H,1-3,6,12H2,(H,14,18)(H,16,17). The van der Waals surface area contributed by atoms with E-state index < -0.39 is 5.97 Å².